The van der Waals surface area contributed by atoms with Crippen molar-refractivity contribution in [2.24, 2.45) is 0 Å². The van der Waals surface area contributed by atoms with Crippen molar-refractivity contribution in [3.05, 3.63) is 64.1 Å². The van der Waals surface area contributed by atoms with Crippen molar-refractivity contribution in [2.45, 2.75) is 52.0 Å². The number of hydrogen-bond donors (Lipinski definition) is 1. The fraction of sp³-hybridized carbons (Fsp3) is 0.370. The number of anilines is 2. The predicted molar refractivity (Wildman–Crippen MR) is 141 cm³/mol. The van der Waals surface area contributed by atoms with E-state index in [1.807, 2.05) is 37.6 Å². The highest BCUT2D eigenvalue weighted by Gasteiger charge is 2.30. The molecule has 36 heavy (non-hydrogen) atoms. The minimum atomic E-state index is -0.209. The highest BCUT2D eigenvalue weighted by molar-refractivity contribution is 7.13. The summed E-state index contributed by atoms with van der Waals surface area (Å²) in [7, 11) is 0. The lowest BCUT2D eigenvalue weighted by molar-refractivity contribution is 0.289. The Morgan fingerprint density at radius 3 is 2.86 bits per heavy atom. The molecule has 6 rings (SSSR count). The van der Waals surface area contributed by atoms with E-state index in [-0.39, 0.29) is 11.9 Å². The number of hydrogen-bond acceptors (Lipinski definition) is 7. The van der Waals surface area contributed by atoms with E-state index in [4.69, 9.17) is 20.4 Å². The van der Waals surface area contributed by atoms with Crippen LogP contribution in [0.15, 0.2) is 41.4 Å². The van der Waals surface area contributed by atoms with Gasteiger partial charge in [-0.15, -0.1) is 16.4 Å². The molecule has 4 heterocycles. The zero-order valence-corrected chi connectivity index (χ0v) is 21.3. The molecule has 1 saturated carbocycles. The average molecular weight is 505 g/mol. The van der Waals surface area contributed by atoms with E-state index in [0.717, 1.165) is 71.2 Å². The molecule has 0 spiro atoms. The van der Waals surface area contributed by atoms with Crippen LogP contribution in [0.3, 0.4) is 0 Å². The van der Waals surface area contributed by atoms with Crippen LogP contribution in [0.5, 0.6) is 0 Å². The minimum Gasteiger partial charge on any atom is -0.492 e. The van der Waals surface area contributed by atoms with Gasteiger partial charge in [0.25, 0.3) is 0 Å². The summed E-state index contributed by atoms with van der Waals surface area (Å²) in [5, 5.41) is 7.31. The third kappa shape index (κ3) is 3.91. The lowest BCUT2D eigenvalue weighted by atomic mass is 9.90. The van der Waals surface area contributed by atoms with Crippen molar-refractivity contribution in [2.75, 3.05) is 23.8 Å². The molecule has 0 bridgehead atoms. The zero-order valence-electron chi connectivity index (χ0n) is 20.5. The molecule has 2 aliphatic rings. The second kappa shape index (κ2) is 9.20. The van der Waals surface area contributed by atoms with Crippen LogP contribution in [0.2, 0.25) is 0 Å². The highest BCUT2D eigenvalue weighted by Crippen LogP contribution is 2.40. The standard InChI is InChI=1S/C27H29FN6OS/c1-3-35-24(17-6-4-7-17)20-15-36-27(30-20)23-25(29)32-34-13-11-22(31-26(23)34)33-12-5-8-21(33)19-14-18(28)10-9-16(19)2/h9-11,13-15,21H,3-8,12H2,1-2H3,(H2,29,32). The summed E-state index contributed by atoms with van der Waals surface area (Å²) in [6, 6.07) is 7.06. The Bertz CT molecular complexity index is 1470. The van der Waals surface area contributed by atoms with Crippen molar-refractivity contribution in [3.8, 4) is 10.6 Å². The molecule has 4 aromatic rings. The maximum atomic E-state index is 14.1. The summed E-state index contributed by atoms with van der Waals surface area (Å²) in [6.45, 7) is 5.50. The van der Waals surface area contributed by atoms with E-state index in [9.17, 15) is 4.39 Å². The quantitative estimate of drug-likeness (QED) is 0.317. The van der Waals surface area contributed by atoms with Gasteiger partial charge < -0.3 is 15.4 Å². The fourth-order valence-corrected chi connectivity index (χ4v) is 6.06. The first-order valence-electron chi connectivity index (χ1n) is 12.5. The molecule has 1 unspecified atom stereocenters. The molecule has 3 aromatic heterocycles. The first-order valence-corrected chi connectivity index (χ1v) is 13.4. The average Bonchev–Trinajstić information content (AvgIpc) is 3.56. The molecule has 7 nitrogen and oxygen atoms in total. The summed E-state index contributed by atoms with van der Waals surface area (Å²) in [6.07, 6.45) is 7.19. The number of benzene rings is 1. The maximum Gasteiger partial charge on any atom is 0.169 e. The smallest absolute Gasteiger partial charge is 0.169 e. The van der Waals surface area contributed by atoms with E-state index in [1.54, 1.807) is 10.6 Å². The van der Waals surface area contributed by atoms with Crippen molar-refractivity contribution in [1.82, 2.24) is 19.6 Å². The Kier molecular flexibility index (Phi) is 5.87. The number of aromatic nitrogens is 4. The number of rotatable bonds is 6. The van der Waals surface area contributed by atoms with Crippen LogP contribution in [-0.2, 0) is 4.74 Å². The monoisotopic (exact) mass is 504 g/mol. The van der Waals surface area contributed by atoms with E-state index >= 15 is 0 Å². The number of aryl methyl sites for hydroxylation is 1. The molecule has 1 aliphatic carbocycles. The summed E-state index contributed by atoms with van der Waals surface area (Å²) in [4.78, 5) is 12.2. The Balaban J connectivity index is 1.39. The van der Waals surface area contributed by atoms with Crippen molar-refractivity contribution in [3.63, 3.8) is 0 Å². The van der Waals surface area contributed by atoms with Crippen LogP contribution in [0.4, 0.5) is 16.0 Å². The lowest BCUT2D eigenvalue weighted by Crippen LogP contribution is -2.24. The first kappa shape index (κ1) is 23.0. The number of halogens is 1. The van der Waals surface area contributed by atoms with Crippen LogP contribution in [0.1, 0.15) is 61.9 Å². The fourth-order valence-electron chi connectivity index (χ4n) is 5.21. The number of nitrogen functional groups attached to an aromatic ring is 1. The Labute approximate surface area is 213 Å². The van der Waals surface area contributed by atoms with Crippen molar-refractivity contribution >= 4 is 34.4 Å². The molecule has 9 heteroatoms. The second-order valence-corrected chi connectivity index (χ2v) is 10.3. The predicted octanol–water partition coefficient (Wildman–Crippen LogP) is 6.16. The van der Waals surface area contributed by atoms with Crippen LogP contribution >= 0.6 is 11.3 Å². The number of fused-ring (bicyclic) bond motifs is 1. The van der Waals surface area contributed by atoms with Gasteiger partial charge >= 0.3 is 0 Å². The molecule has 186 valence electrons. The van der Waals surface area contributed by atoms with Gasteiger partial charge in [0.15, 0.2) is 11.5 Å². The van der Waals surface area contributed by atoms with Gasteiger partial charge in [-0.1, -0.05) is 6.07 Å². The number of nitrogens with two attached hydrogens (primary N) is 1. The van der Waals surface area contributed by atoms with Crippen molar-refractivity contribution < 1.29 is 9.13 Å². The van der Waals surface area contributed by atoms with Gasteiger partial charge in [-0.25, -0.2) is 18.9 Å². The number of allylic oxidation sites excluding steroid dienone is 1. The van der Waals surface area contributed by atoms with E-state index in [2.05, 4.69) is 10.00 Å². The summed E-state index contributed by atoms with van der Waals surface area (Å²) < 4.78 is 21.8. The minimum absolute atomic E-state index is 0.0775. The molecule has 1 saturated heterocycles. The van der Waals surface area contributed by atoms with Gasteiger partial charge in [-0.05, 0) is 80.9 Å². The molecule has 1 aromatic carbocycles. The Hall–Kier alpha value is -3.46. The van der Waals surface area contributed by atoms with Gasteiger partial charge in [-0.3, -0.25) is 0 Å². The number of ether oxygens (including phenoxy) is 1. The number of nitrogens with zero attached hydrogens (tertiary/aromatic N) is 5. The molecule has 2 N–H and O–H groups in total. The van der Waals surface area contributed by atoms with E-state index in [0.29, 0.717) is 18.1 Å². The van der Waals surface area contributed by atoms with Crippen LogP contribution in [0.25, 0.3) is 22.0 Å². The number of thiazole rings is 1. The van der Waals surface area contributed by atoms with Gasteiger partial charge in [0.1, 0.15) is 28.1 Å². The molecule has 0 radical (unpaired) electrons. The van der Waals surface area contributed by atoms with Crippen LogP contribution in [0, 0.1) is 12.7 Å². The van der Waals surface area contributed by atoms with Crippen LogP contribution < -0.4 is 10.6 Å². The Morgan fingerprint density at radius 2 is 2.08 bits per heavy atom. The third-order valence-corrected chi connectivity index (χ3v) is 8.02. The third-order valence-electron chi connectivity index (χ3n) is 7.16. The zero-order chi connectivity index (χ0) is 24.8. The van der Waals surface area contributed by atoms with Gasteiger partial charge in [0.2, 0.25) is 0 Å². The highest BCUT2D eigenvalue weighted by atomic mass is 32.1. The molecular formula is C27H29FN6OS. The van der Waals surface area contributed by atoms with Crippen LogP contribution in [-0.4, -0.2) is 32.7 Å². The largest absolute Gasteiger partial charge is 0.492 e. The molecule has 1 atom stereocenters. The van der Waals surface area contributed by atoms with Gasteiger partial charge in [-0.2, -0.15) is 0 Å². The van der Waals surface area contributed by atoms with Gasteiger partial charge in [0, 0.05) is 18.1 Å². The van der Waals surface area contributed by atoms with E-state index < -0.39 is 0 Å². The topological polar surface area (TPSA) is 81.6 Å². The Morgan fingerprint density at radius 1 is 1.22 bits per heavy atom. The van der Waals surface area contributed by atoms with E-state index in [1.165, 1.54) is 29.4 Å². The molecule has 1 aliphatic heterocycles. The first-order chi connectivity index (χ1) is 17.5. The second-order valence-electron chi connectivity index (χ2n) is 9.42. The van der Waals surface area contributed by atoms with Gasteiger partial charge in [0.05, 0.1) is 18.2 Å². The molecule has 0 amide bonds. The SMILES string of the molecule is CCOC(=C1CCC1)c1csc(-c2c(N)nn3ccc(N4CCCC4c4cc(F)ccc4C)nc23)n1. The summed E-state index contributed by atoms with van der Waals surface area (Å²) in [5.74, 6) is 1.92. The summed E-state index contributed by atoms with van der Waals surface area (Å²) >= 11 is 1.53. The van der Waals surface area contributed by atoms with Crippen molar-refractivity contribution in [1.29, 1.82) is 0 Å². The summed E-state index contributed by atoms with van der Waals surface area (Å²) in [5.41, 5.74) is 12.1. The molecule has 2 fully saturated rings. The molecular weight excluding hydrogens is 475 g/mol. The maximum absolute atomic E-state index is 14.1. The lowest BCUT2D eigenvalue weighted by Gasteiger charge is -2.27. The normalized spacial score (nSPS) is 17.6.